The van der Waals surface area contributed by atoms with Crippen LogP contribution in [0.15, 0.2) is 29.4 Å². The highest BCUT2D eigenvalue weighted by molar-refractivity contribution is 5.79. The third-order valence-electron chi connectivity index (χ3n) is 1.58. The monoisotopic (exact) mass is 211 g/mol. The maximum Gasteiger partial charge on any atom is 0.306 e. The highest BCUT2D eigenvalue weighted by Gasteiger charge is 1.97. The van der Waals surface area contributed by atoms with Gasteiger partial charge in [0, 0.05) is 5.56 Å². The summed E-state index contributed by atoms with van der Waals surface area (Å²) in [6.45, 7) is -0.0275. The topological polar surface area (TPSA) is 58.9 Å². The molecule has 0 fully saturated rings. The van der Waals surface area contributed by atoms with Gasteiger partial charge in [-0.3, -0.25) is 4.79 Å². The van der Waals surface area contributed by atoms with Gasteiger partial charge in [-0.1, -0.05) is 23.4 Å². The third kappa shape index (κ3) is 4.21. The number of rotatable bonds is 5. The van der Waals surface area contributed by atoms with Crippen molar-refractivity contribution >= 4 is 12.2 Å². The molecule has 0 amide bonds. The maximum absolute atomic E-state index is 13.0. The zero-order valence-corrected chi connectivity index (χ0v) is 7.89. The second kappa shape index (κ2) is 5.74. The molecule has 0 saturated carbocycles. The molecule has 1 aromatic rings. The summed E-state index contributed by atoms with van der Waals surface area (Å²) in [5, 5.41) is 11.7. The summed E-state index contributed by atoms with van der Waals surface area (Å²) < 4.78 is 13.0. The molecule has 15 heavy (non-hydrogen) atoms. The SMILES string of the molecule is O=C(O)CCO/N=C/c1ccccc1F. The second-order valence-corrected chi connectivity index (χ2v) is 2.73. The van der Waals surface area contributed by atoms with Gasteiger partial charge in [-0.15, -0.1) is 0 Å². The van der Waals surface area contributed by atoms with Crippen molar-refractivity contribution in [2.75, 3.05) is 6.61 Å². The number of oxime groups is 1. The Hall–Kier alpha value is -1.91. The van der Waals surface area contributed by atoms with Crippen molar-refractivity contribution in [1.82, 2.24) is 0 Å². The lowest BCUT2D eigenvalue weighted by Crippen LogP contribution is -1.99. The van der Waals surface area contributed by atoms with Crippen LogP contribution in [0, 0.1) is 5.82 Å². The molecule has 5 heteroatoms. The summed E-state index contributed by atoms with van der Waals surface area (Å²) in [7, 11) is 0. The number of carbonyl (C=O) groups is 1. The molecule has 0 bridgehead atoms. The molecule has 1 N–H and O–H groups in total. The number of hydrogen-bond acceptors (Lipinski definition) is 3. The Balaban J connectivity index is 2.38. The van der Waals surface area contributed by atoms with Crippen LogP contribution in [0.25, 0.3) is 0 Å². The molecule has 80 valence electrons. The number of carboxylic acid groups (broad SMARTS) is 1. The van der Waals surface area contributed by atoms with E-state index in [4.69, 9.17) is 5.11 Å². The van der Waals surface area contributed by atoms with Crippen LogP contribution in [0.1, 0.15) is 12.0 Å². The molecular formula is C10H10FNO3. The molecule has 0 heterocycles. The molecular weight excluding hydrogens is 201 g/mol. The van der Waals surface area contributed by atoms with E-state index in [2.05, 4.69) is 9.99 Å². The first-order valence-corrected chi connectivity index (χ1v) is 4.32. The van der Waals surface area contributed by atoms with Gasteiger partial charge in [-0.05, 0) is 6.07 Å². The molecule has 1 aromatic carbocycles. The highest BCUT2D eigenvalue weighted by atomic mass is 19.1. The van der Waals surface area contributed by atoms with Gasteiger partial charge in [0.15, 0.2) is 0 Å². The van der Waals surface area contributed by atoms with Crippen LogP contribution in [0.2, 0.25) is 0 Å². The van der Waals surface area contributed by atoms with Gasteiger partial charge in [-0.25, -0.2) is 4.39 Å². The first-order valence-electron chi connectivity index (χ1n) is 4.32. The molecule has 0 atom stereocenters. The predicted octanol–water partition coefficient (Wildman–Crippen LogP) is 1.65. The zero-order chi connectivity index (χ0) is 11.1. The molecule has 0 radical (unpaired) electrons. The number of hydrogen-bond donors (Lipinski definition) is 1. The lowest BCUT2D eigenvalue weighted by Gasteiger charge is -1.96. The van der Waals surface area contributed by atoms with Gasteiger partial charge in [0.1, 0.15) is 12.4 Å². The van der Waals surface area contributed by atoms with Crippen LogP contribution >= 0.6 is 0 Å². The largest absolute Gasteiger partial charge is 0.481 e. The fraction of sp³-hybridized carbons (Fsp3) is 0.200. The number of benzene rings is 1. The van der Waals surface area contributed by atoms with Gasteiger partial charge >= 0.3 is 5.97 Å². The average Bonchev–Trinajstić information content (AvgIpc) is 2.20. The van der Waals surface area contributed by atoms with Crippen LogP contribution < -0.4 is 0 Å². The van der Waals surface area contributed by atoms with E-state index >= 15 is 0 Å². The van der Waals surface area contributed by atoms with Crippen LogP contribution in [-0.2, 0) is 9.63 Å². The van der Waals surface area contributed by atoms with Crippen LogP contribution in [-0.4, -0.2) is 23.9 Å². The van der Waals surface area contributed by atoms with Crippen molar-refractivity contribution in [3.05, 3.63) is 35.6 Å². The van der Waals surface area contributed by atoms with Crippen molar-refractivity contribution in [2.24, 2.45) is 5.16 Å². The van der Waals surface area contributed by atoms with Gasteiger partial charge in [0.2, 0.25) is 0 Å². The Kier molecular flexibility index (Phi) is 4.28. The van der Waals surface area contributed by atoms with E-state index in [1.807, 2.05) is 0 Å². The van der Waals surface area contributed by atoms with Gasteiger partial charge in [0.25, 0.3) is 0 Å². The second-order valence-electron chi connectivity index (χ2n) is 2.73. The molecule has 1 rings (SSSR count). The Labute approximate surface area is 86.0 Å². The van der Waals surface area contributed by atoms with E-state index in [1.54, 1.807) is 18.2 Å². The molecule has 0 aromatic heterocycles. The molecule has 0 aliphatic rings. The lowest BCUT2D eigenvalue weighted by molar-refractivity contribution is -0.138. The van der Waals surface area contributed by atoms with E-state index in [9.17, 15) is 9.18 Å². The highest BCUT2D eigenvalue weighted by Crippen LogP contribution is 2.02. The molecule has 0 spiro atoms. The van der Waals surface area contributed by atoms with Crippen LogP contribution in [0.4, 0.5) is 4.39 Å². The fourth-order valence-electron chi connectivity index (χ4n) is 0.860. The Morgan fingerprint density at radius 1 is 1.53 bits per heavy atom. The van der Waals surface area contributed by atoms with Crippen molar-refractivity contribution in [1.29, 1.82) is 0 Å². The predicted molar refractivity (Wildman–Crippen MR) is 52.2 cm³/mol. The molecule has 0 aliphatic heterocycles. The Morgan fingerprint density at radius 3 is 2.93 bits per heavy atom. The summed E-state index contributed by atoms with van der Waals surface area (Å²) >= 11 is 0. The molecule has 0 saturated heterocycles. The normalized spacial score (nSPS) is 10.5. The van der Waals surface area contributed by atoms with Crippen molar-refractivity contribution < 1.29 is 19.1 Å². The lowest BCUT2D eigenvalue weighted by atomic mass is 10.2. The number of carboxylic acids is 1. The van der Waals surface area contributed by atoms with E-state index in [1.165, 1.54) is 12.3 Å². The van der Waals surface area contributed by atoms with Crippen molar-refractivity contribution in [2.45, 2.75) is 6.42 Å². The molecule has 0 aliphatic carbocycles. The summed E-state index contributed by atoms with van der Waals surface area (Å²) in [5.74, 6) is -1.36. The van der Waals surface area contributed by atoms with Gasteiger partial charge in [0.05, 0.1) is 12.6 Å². The van der Waals surface area contributed by atoms with E-state index in [-0.39, 0.29) is 13.0 Å². The van der Waals surface area contributed by atoms with E-state index in [0.29, 0.717) is 5.56 Å². The molecule has 0 unspecified atom stereocenters. The summed E-state index contributed by atoms with van der Waals surface area (Å²) in [4.78, 5) is 14.7. The average molecular weight is 211 g/mol. The van der Waals surface area contributed by atoms with E-state index < -0.39 is 11.8 Å². The Morgan fingerprint density at radius 2 is 2.27 bits per heavy atom. The summed E-state index contributed by atoms with van der Waals surface area (Å²) in [5.41, 5.74) is 0.299. The van der Waals surface area contributed by atoms with Crippen LogP contribution in [0.3, 0.4) is 0 Å². The quantitative estimate of drug-likeness (QED) is 0.457. The standard InChI is InChI=1S/C10H10FNO3/c11-9-4-2-1-3-8(9)7-12-15-6-5-10(13)14/h1-4,7H,5-6H2,(H,13,14)/b12-7+. The van der Waals surface area contributed by atoms with Crippen molar-refractivity contribution in [3.63, 3.8) is 0 Å². The van der Waals surface area contributed by atoms with Gasteiger partial charge < -0.3 is 9.94 Å². The summed E-state index contributed by atoms with van der Waals surface area (Å²) in [6, 6.07) is 6.08. The minimum atomic E-state index is -0.962. The third-order valence-corrected chi connectivity index (χ3v) is 1.58. The zero-order valence-electron chi connectivity index (χ0n) is 7.89. The maximum atomic E-state index is 13.0. The smallest absolute Gasteiger partial charge is 0.306 e. The minimum Gasteiger partial charge on any atom is -0.481 e. The first-order chi connectivity index (χ1) is 7.20. The Bertz CT molecular complexity index is 365. The van der Waals surface area contributed by atoms with Gasteiger partial charge in [-0.2, -0.15) is 0 Å². The first kappa shape index (κ1) is 11.2. The van der Waals surface area contributed by atoms with Crippen molar-refractivity contribution in [3.8, 4) is 0 Å². The van der Waals surface area contributed by atoms with Crippen LogP contribution in [0.5, 0.6) is 0 Å². The number of aliphatic carboxylic acids is 1. The number of halogens is 1. The molecule has 4 nitrogen and oxygen atoms in total. The fourth-order valence-corrected chi connectivity index (χ4v) is 0.860. The summed E-state index contributed by atoms with van der Waals surface area (Å²) in [6.07, 6.45) is 1.08. The number of nitrogens with zero attached hydrogens (tertiary/aromatic N) is 1. The van der Waals surface area contributed by atoms with E-state index in [0.717, 1.165) is 0 Å². The minimum absolute atomic E-state index is 0.0275.